The topological polar surface area (TPSA) is 76.4 Å². The Balaban J connectivity index is 1.67. The molecule has 1 heterocycles. The fourth-order valence-electron chi connectivity index (χ4n) is 2.78. The first-order valence-corrected chi connectivity index (χ1v) is 9.02. The molecule has 5 radical (unpaired) electrons. The van der Waals surface area contributed by atoms with Gasteiger partial charge in [-0.05, 0) is 57.7 Å². The van der Waals surface area contributed by atoms with Crippen LogP contribution < -0.4 is 5.32 Å². The summed E-state index contributed by atoms with van der Waals surface area (Å²) in [4.78, 5) is 12.3. The fraction of sp³-hybridized carbons (Fsp3) is 0.286. The summed E-state index contributed by atoms with van der Waals surface area (Å²) in [7, 11) is 0. The van der Waals surface area contributed by atoms with Gasteiger partial charge in [-0.2, -0.15) is 5.10 Å². The van der Waals surface area contributed by atoms with Crippen molar-refractivity contribution in [2.75, 3.05) is 18.5 Å². The summed E-state index contributed by atoms with van der Waals surface area (Å²) >= 11 is 0. The standard InChI is InChI=1S/C21H24N3O3/c1-3-27-21(26)20-12-19(16-6-4-5-7-16)23-24(20)14-18(25)13-22-17-10-8-15(2)9-11-17/h4-12,18,22,25H,3,13-14H2,1-2H3/t18-/m1/s1. The number of hydrogen-bond donors (Lipinski definition) is 2. The van der Waals surface area contributed by atoms with Gasteiger partial charge in [-0.15, -0.1) is 0 Å². The van der Waals surface area contributed by atoms with Gasteiger partial charge >= 0.3 is 5.97 Å². The number of ether oxygens (including phenoxy) is 1. The molecular weight excluding hydrogens is 342 g/mol. The third-order valence-electron chi connectivity index (χ3n) is 4.20. The van der Waals surface area contributed by atoms with Crippen molar-refractivity contribution in [3.05, 3.63) is 78.9 Å². The normalized spacial score (nSPS) is 15.7. The Hall–Kier alpha value is -2.34. The molecule has 1 aromatic carbocycles. The molecule has 0 saturated heterocycles. The Morgan fingerprint density at radius 1 is 1.26 bits per heavy atom. The lowest BCUT2D eigenvalue weighted by molar-refractivity contribution is 0.0507. The van der Waals surface area contributed by atoms with Crippen LogP contribution in [0.15, 0.2) is 30.3 Å². The molecule has 1 saturated carbocycles. The molecule has 141 valence electrons. The fourth-order valence-corrected chi connectivity index (χ4v) is 2.78. The van der Waals surface area contributed by atoms with Crippen molar-refractivity contribution in [1.29, 1.82) is 0 Å². The number of hydrogen-bond acceptors (Lipinski definition) is 5. The summed E-state index contributed by atoms with van der Waals surface area (Å²) in [5.41, 5.74) is 3.13. The predicted molar refractivity (Wildman–Crippen MR) is 103 cm³/mol. The van der Waals surface area contributed by atoms with Gasteiger partial charge in [0.2, 0.25) is 0 Å². The summed E-state index contributed by atoms with van der Waals surface area (Å²) in [6.07, 6.45) is 6.97. The number of aliphatic hydroxyl groups is 1. The SMILES string of the molecule is CCOC(=O)c1cc([C]2[CH][CH][CH][CH]2)nn1C[C@H](O)CNc1ccc(C)cc1. The average molecular weight is 366 g/mol. The monoisotopic (exact) mass is 366 g/mol. The highest BCUT2D eigenvalue weighted by atomic mass is 16.5. The number of aliphatic hydroxyl groups excluding tert-OH is 1. The lowest BCUT2D eigenvalue weighted by Gasteiger charge is -2.14. The molecule has 1 atom stereocenters. The zero-order valence-electron chi connectivity index (χ0n) is 15.6. The number of nitrogens with one attached hydrogen (secondary N) is 1. The molecule has 6 nitrogen and oxygen atoms in total. The lowest BCUT2D eigenvalue weighted by atomic mass is 10.0. The second-order valence-electron chi connectivity index (χ2n) is 6.39. The van der Waals surface area contributed by atoms with Gasteiger partial charge in [-0.25, -0.2) is 4.79 Å². The lowest BCUT2D eigenvalue weighted by Crippen LogP contribution is -2.27. The molecule has 1 aliphatic carbocycles. The Kier molecular flexibility index (Phi) is 6.50. The van der Waals surface area contributed by atoms with Gasteiger partial charge < -0.3 is 15.2 Å². The van der Waals surface area contributed by atoms with Crippen molar-refractivity contribution in [1.82, 2.24) is 9.78 Å². The first kappa shape index (κ1) is 19.4. The van der Waals surface area contributed by atoms with E-state index >= 15 is 0 Å². The van der Waals surface area contributed by atoms with Crippen molar-refractivity contribution >= 4 is 11.7 Å². The summed E-state index contributed by atoms with van der Waals surface area (Å²) in [6.45, 7) is 4.60. The molecule has 0 aliphatic heterocycles. The Morgan fingerprint density at radius 3 is 2.63 bits per heavy atom. The number of aryl methyl sites for hydroxylation is 1. The first-order valence-electron chi connectivity index (χ1n) is 9.02. The van der Waals surface area contributed by atoms with Gasteiger partial charge in [0, 0.05) is 18.2 Å². The average Bonchev–Trinajstić information content (AvgIpc) is 3.31. The van der Waals surface area contributed by atoms with E-state index in [9.17, 15) is 9.90 Å². The molecule has 1 aliphatic rings. The van der Waals surface area contributed by atoms with Crippen LogP contribution in [0, 0.1) is 38.5 Å². The van der Waals surface area contributed by atoms with Gasteiger partial charge in [-0.1, -0.05) is 17.7 Å². The van der Waals surface area contributed by atoms with Crippen LogP contribution in [0.4, 0.5) is 5.69 Å². The maximum Gasteiger partial charge on any atom is 0.356 e. The maximum absolute atomic E-state index is 12.3. The second kappa shape index (κ2) is 9.04. The molecule has 2 N–H and O–H groups in total. The van der Waals surface area contributed by atoms with Crippen LogP contribution >= 0.6 is 0 Å². The van der Waals surface area contributed by atoms with E-state index in [1.54, 1.807) is 13.0 Å². The number of carbonyl (C=O) groups excluding carboxylic acids is 1. The first-order chi connectivity index (χ1) is 13.1. The van der Waals surface area contributed by atoms with Crippen molar-refractivity contribution < 1.29 is 14.6 Å². The third-order valence-corrected chi connectivity index (χ3v) is 4.20. The van der Waals surface area contributed by atoms with E-state index in [2.05, 4.69) is 10.4 Å². The number of carbonyl (C=O) groups is 1. The Labute approximate surface area is 160 Å². The number of benzene rings is 1. The Bertz CT molecular complexity index is 749. The van der Waals surface area contributed by atoms with Crippen molar-refractivity contribution in [2.24, 2.45) is 0 Å². The highest BCUT2D eigenvalue weighted by molar-refractivity contribution is 5.88. The third kappa shape index (κ3) is 5.10. The van der Waals surface area contributed by atoms with E-state index < -0.39 is 12.1 Å². The number of aromatic nitrogens is 2. The quantitative estimate of drug-likeness (QED) is 0.703. The van der Waals surface area contributed by atoms with E-state index in [1.165, 1.54) is 10.2 Å². The van der Waals surface area contributed by atoms with Crippen LogP contribution in [0.3, 0.4) is 0 Å². The molecule has 1 aromatic heterocycles. The molecule has 3 rings (SSSR count). The maximum atomic E-state index is 12.3. The van der Waals surface area contributed by atoms with Gasteiger partial charge in [0.05, 0.1) is 24.9 Å². The Morgan fingerprint density at radius 2 is 1.96 bits per heavy atom. The number of anilines is 1. The minimum atomic E-state index is -0.716. The summed E-state index contributed by atoms with van der Waals surface area (Å²) < 4.78 is 6.64. The molecule has 2 aromatic rings. The van der Waals surface area contributed by atoms with Crippen molar-refractivity contribution in [2.45, 2.75) is 26.5 Å². The van der Waals surface area contributed by atoms with Gasteiger partial charge in [0.25, 0.3) is 0 Å². The minimum Gasteiger partial charge on any atom is -0.461 e. The zero-order valence-corrected chi connectivity index (χ0v) is 15.6. The van der Waals surface area contributed by atoms with E-state index in [0.29, 0.717) is 17.9 Å². The van der Waals surface area contributed by atoms with Crippen molar-refractivity contribution in [3.8, 4) is 0 Å². The van der Waals surface area contributed by atoms with Crippen LogP contribution in [0.25, 0.3) is 0 Å². The minimum absolute atomic E-state index is 0.188. The van der Waals surface area contributed by atoms with Crippen LogP contribution in [0.1, 0.15) is 28.7 Å². The largest absolute Gasteiger partial charge is 0.461 e. The van der Waals surface area contributed by atoms with E-state index in [0.717, 1.165) is 11.6 Å². The highest BCUT2D eigenvalue weighted by Gasteiger charge is 2.26. The molecule has 0 spiro atoms. The van der Waals surface area contributed by atoms with Crippen molar-refractivity contribution in [3.63, 3.8) is 0 Å². The molecule has 6 heteroatoms. The summed E-state index contributed by atoms with van der Waals surface area (Å²) in [6, 6.07) is 9.65. The van der Waals surface area contributed by atoms with E-state index in [4.69, 9.17) is 4.74 Å². The highest BCUT2D eigenvalue weighted by Crippen LogP contribution is 2.29. The molecule has 0 bridgehead atoms. The van der Waals surface area contributed by atoms with Gasteiger partial charge in [0.1, 0.15) is 5.69 Å². The summed E-state index contributed by atoms with van der Waals surface area (Å²) in [5, 5.41) is 18.1. The van der Waals surface area contributed by atoms with Gasteiger partial charge in [-0.3, -0.25) is 4.68 Å². The predicted octanol–water partition coefficient (Wildman–Crippen LogP) is 2.59. The smallest absolute Gasteiger partial charge is 0.356 e. The van der Waals surface area contributed by atoms with E-state index in [-0.39, 0.29) is 13.2 Å². The number of nitrogens with zero attached hydrogens (tertiary/aromatic N) is 2. The number of esters is 1. The summed E-state index contributed by atoms with van der Waals surface area (Å²) in [5.74, 6) is 0.480. The van der Waals surface area contributed by atoms with Gasteiger partial charge in [0.15, 0.2) is 0 Å². The van der Waals surface area contributed by atoms with E-state index in [1.807, 2.05) is 56.9 Å². The molecule has 0 amide bonds. The molecular formula is C21H24N3O3. The second-order valence-corrected chi connectivity index (χ2v) is 6.39. The van der Waals surface area contributed by atoms with Crippen LogP contribution in [-0.2, 0) is 11.3 Å². The molecule has 1 fully saturated rings. The van der Waals surface area contributed by atoms with Crippen LogP contribution in [-0.4, -0.2) is 40.1 Å². The number of rotatable bonds is 8. The van der Waals surface area contributed by atoms with Crippen LogP contribution in [0.5, 0.6) is 0 Å². The molecule has 27 heavy (non-hydrogen) atoms. The van der Waals surface area contributed by atoms with Crippen LogP contribution in [0.2, 0.25) is 0 Å². The zero-order chi connectivity index (χ0) is 19.2. The molecule has 0 unspecified atom stereocenters.